The van der Waals surface area contributed by atoms with E-state index < -0.39 is 11.7 Å². The van der Waals surface area contributed by atoms with E-state index in [1.54, 1.807) is 18.2 Å². The molecule has 2 fully saturated rings. The first-order valence-electron chi connectivity index (χ1n) is 10.3. The van der Waals surface area contributed by atoms with Crippen LogP contribution in [0.2, 0.25) is 0 Å². The third-order valence-electron chi connectivity index (χ3n) is 6.38. The number of hydrogen-bond donors (Lipinski definition) is 2. The van der Waals surface area contributed by atoms with Crippen molar-refractivity contribution >= 4 is 0 Å². The molecule has 2 aliphatic heterocycles. The Labute approximate surface area is 169 Å². The van der Waals surface area contributed by atoms with Crippen LogP contribution in [0.1, 0.15) is 48.3 Å². The van der Waals surface area contributed by atoms with E-state index in [1.807, 2.05) is 12.1 Å². The predicted molar refractivity (Wildman–Crippen MR) is 107 cm³/mol. The summed E-state index contributed by atoms with van der Waals surface area (Å²) >= 11 is 0. The van der Waals surface area contributed by atoms with Crippen LogP contribution in [0.3, 0.4) is 0 Å². The van der Waals surface area contributed by atoms with Gasteiger partial charge in [-0.25, -0.2) is 0 Å². The Morgan fingerprint density at radius 2 is 1.69 bits per heavy atom. The number of halogens is 3. The molecule has 0 radical (unpaired) electrons. The maximum atomic E-state index is 12.6. The Morgan fingerprint density at radius 1 is 1.00 bits per heavy atom. The van der Waals surface area contributed by atoms with Gasteiger partial charge in [0, 0.05) is 31.7 Å². The Morgan fingerprint density at radius 3 is 2.31 bits per heavy atom. The van der Waals surface area contributed by atoms with Crippen LogP contribution in [0, 0.1) is 0 Å². The zero-order valence-electron chi connectivity index (χ0n) is 16.3. The number of benzene rings is 2. The fourth-order valence-corrected chi connectivity index (χ4v) is 4.94. The molecule has 156 valence electrons. The molecule has 2 bridgehead atoms. The van der Waals surface area contributed by atoms with Gasteiger partial charge in [-0.15, -0.1) is 0 Å². The van der Waals surface area contributed by atoms with Crippen LogP contribution < -0.4 is 5.32 Å². The van der Waals surface area contributed by atoms with Crippen molar-refractivity contribution in [1.29, 1.82) is 0 Å². The van der Waals surface area contributed by atoms with Gasteiger partial charge in [-0.05, 0) is 67.0 Å². The zero-order chi connectivity index (χ0) is 20.4. The summed E-state index contributed by atoms with van der Waals surface area (Å²) in [5.41, 5.74) is 1.50. The second-order valence-corrected chi connectivity index (χ2v) is 8.26. The molecule has 3 atom stereocenters. The van der Waals surface area contributed by atoms with Crippen LogP contribution in [0.15, 0.2) is 48.5 Å². The lowest BCUT2D eigenvalue weighted by Gasteiger charge is -2.39. The second-order valence-electron chi connectivity index (χ2n) is 8.26. The van der Waals surface area contributed by atoms with E-state index in [2.05, 4.69) is 16.3 Å². The normalized spacial score (nSPS) is 24.7. The van der Waals surface area contributed by atoms with E-state index in [0.29, 0.717) is 30.3 Å². The third kappa shape index (κ3) is 4.75. The van der Waals surface area contributed by atoms with Crippen molar-refractivity contribution in [1.82, 2.24) is 10.2 Å². The highest BCUT2D eigenvalue weighted by Crippen LogP contribution is 2.43. The van der Waals surface area contributed by atoms with E-state index in [0.717, 1.165) is 43.6 Å². The number of fused-ring (bicyclic) bond motifs is 2. The van der Waals surface area contributed by atoms with Crippen LogP contribution in [0.5, 0.6) is 5.75 Å². The molecule has 0 aliphatic carbocycles. The molecule has 0 amide bonds. The first kappa shape index (κ1) is 20.2. The van der Waals surface area contributed by atoms with Gasteiger partial charge < -0.3 is 10.4 Å². The smallest absolute Gasteiger partial charge is 0.416 e. The topological polar surface area (TPSA) is 35.5 Å². The van der Waals surface area contributed by atoms with E-state index in [9.17, 15) is 18.3 Å². The highest BCUT2D eigenvalue weighted by Gasteiger charge is 2.40. The molecule has 3 nitrogen and oxygen atoms in total. The highest BCUT2D eigenvalue weighted by atomic mass is 19.4. The molecule has 0 aromatic heterocycles. The van der Waals surface area contributed by atoms with Crippen LogP contribution in [0.25, 0.3) is 0 Å². The molecule has 0 spiro atoms. The molecular formula is C23H27F3N2O. The number of alkyl halides is 3. The average molecular weight is 404 g/mol. The minimum Gasteiger partial charge on any atom is -0.508 e. The predicted octanol–water partition coefficient (Wildman–Crippen LogP) is 4.91. The summed E-state index contributed by atoms with van der Waals surface area (Å²) in [6, 6.07) is 14.2. The lowest BCUT2D eigenvalue weighted by atomic mass is 9.85. The highest BCUT2D eigenvalue weighted by molar-refractivity contribution is 5.30. The molecule has 6 heteroatoms. The minimum absolute atomic E-state index is 0.338. The van der Waals surface area contributed by atoms with Gasteiger partial charge in [0.1, 0.15) is 5.75 Å². The van der Waals surface area contributed by atoms with Gasteiger partial charge in [0.05, 0.1) is 5.56 Å². The van der Waals surface area contributed by atoms with Gasteiger partial charge in [0.2, 0.25) is 0 Å². The molecule has 0 unspecified atom stereocenters. The summed E-state index contributed by atoms with van der Waals surface area (Å²) in [4.78, 5) is 2.60. The number of nitrogens with zero attached hydrogens (tertiary/aromatic N) is 1. The van der Waals surface area contributed by atoms with Gasteiger partial charge in [0.25, 0.3) is 0 Å². The fourth-order valence-electron chi connectivity index (χ4n) is 4.94. The van der Waals surface area contributed by atoms with Gasteiger partial charge in [-0.2, -0.15) is 13.2 Å². The number of phenols is 1. The van der Waals surface area contributed by atoms with E-state index in [1.165, 1.54) is 18.4 Å². The van der Waals surface area contributed by atoms with Gasteiger partial charge in [0.15, 0.2) is 0 Å². The largest absolute Gasteiger partial charge is 0.508 e. The molecule has 2 heterocycles. The number of phenolic OH excluding ortho intramolecular Hbond substituents is 1. The zero-order valence-corrected chi connectivity index (χ0v) is 16.3. The summed E-state index contributed by atoms with van der Waals surface area (Å²) < 4.78 is 37.9. The van der Waals surface area contributed by atoms with Crippen molar-refractivity contribution < 1.29 is 18.3 Å². The summed E-state index contributed by atoms with van der Waals surface area (Å²) in [6.07, 6.45) is 0.408. The van der Waals surface area contributed by atoms with E-state index >= 15 is 0 Å². The monoisotopic (exact) mass is 404 g/mol. The van der Waals surface area contributed by atoms with Gasteiger partial charge in [-0.1, -0.05) is 24.3 Å². The molecular weight excluding hydrogens is 377 g/mol. The molecule has 0 saturated carbocycles. The van der Waals surface area contributed by atoms with Crippen molar-refractivity contribution in [2.45, 2.75) is 56.4 Å². The maximum Gasteiger partial charge on any atom is 0.416 e. The van der Waals surface area contributed by atoms with Crippen molar-refractivity contribution in [2.24, 2.45) is 0 Å². The van der Waals surface area contributed by atoms with E-state index in [-0.39, 0.29) is 0 Å². The summed E-state index contributed by atoms with van der Waals surface area (Å²) in [5, 5.41) is 13.1. The Hall–Kier alpha value is -2.05. The number of aromatic hydroxyl groups is 1. The van der Waals surface area contributed by atoms with Crippen molar-refractivity contribution in [3.8, 4) is 5.75 Å². The van der Waals surface area contributed by atoms with E-state index in [4.69, 9.17) is 0 Å². The lowest BCUT2D eigenvalue weighted by Crippen LogP contribution is -2.45. The van der Waals surface area contributed by atoms with Crippen molar-refractivity contribution in [2.75, 3.05) is 13.1 Å². The number of piperidine rings is 1. The molecule has 2 aromatic carbocycles. The molecule has 2 aromatic rings. The Bertz CT molecular complexity index is 808. The first-order valence-corrected chi connectivity index (χ1v) is 10.3. The minimum atomic E-state index is -4.28. The average Bonchev–Trinajstić information content (AvgIpc) is 2.92. The molecule has 4 rings (SSSR count). The second kappa shape index (κ2) is 8.36. The molecule has 29 heavy (non-hydrogen) atoms. The van der Waals surface area contributed by atoms with Crippen molar-refractivity contribution in [3.05, 3.63) is 65.2 Å². The molecule has 2 saturated heterocycles. The molecule has 2 aliphatic rings. The van der Waals surface area contributed by atoms with Crippen LogP contribution in [-0.4, -0.2) is 35.2 Å². The summed E-state index contributed by atoms with van der Waals surface area (Å²) in [6.45, 7) is 2.36. The fraction of sp³-hybridized carbons (Fsp3) is 0.478. The van der Waals surface area contributed by atoms with Crippen molar-refractivity contribution in [3.63, 3.8) is 0 Å². The molecule has 2 N–H and O–H groups in total. The first-order chi connectivity index (χ1) is 13.9. The number of hydrogen-bond acceptors (Lipinski definition) is 3. The maximum absolute atomic E-state index is 12.6. The lowest BCUT2D eigenvalue weighted by molar-refractivity contribution is -0.137. The van der Waals surface area contributed by atoms with Crippen LogP contribution in [-0.2, 0) is 12.7 Å². The quantitative estimate of drug-likeness (QED) is 0.672. The van der Waals surface area contributed by atoms with Gasteiger partial charge in [-0.3, -0.25) is 4.90 Å². The SMILES string of the molecule is Oc1cccc([C@H]2C[C@H]3CC[C@@H](C2)N3CCNCc2ccc(C(F)(F)F)cc2)c1. The number of rotatable bonds is 6. The van der Waals surface area contributed by atoms with Crippen LogP contribution in [0.4, 0.5) is 13.2 Å². The Kier molecular flexibility index (Phi) is 5.83. The Balaban J connectivity index is 1.25. The standard InChI is InChI=1S/C23H27F3N2O/c24-23(25,26)19-6-4-16(5-7-19)15-27-10-11-28-20-8-9-21(28)13-18(12-20)17-2-1-3-22(29)14-17/h1-7,14,18,20-21,27,29H,8-13,15H2/t18-,20+,21-. The number of nitrogens with one attached hydrogen (secondary N) is 1. The van der Waals surface area contributed by atoms with Crippen LogP contribution >= 0.6 is 0 Å². The summed E-state index contributed by atoms with van der Waals surface area (Å²) in [7, 11) is 0. The third-order valence-corrected chi connectivity index (χ3v) is 6.38. The van der Waals surface area contributed by atoms with Gasteiger partial charge >= 0.3 is 6.18 Å². The summed E-state index contributed by atoms with van der Waals surface area (Å²) in [5.74, 6) is 0.848.